The van der Waals surface area contributed by atoms with Crippen molar-refractivity contribution in [2.45, 2.75) is 0 Å². The molecule has 0 aliphatic heterocycles. The first-order valence-corrected chi connectivity index (χ1v) is 15.0. The maximum absolute atomic E-state index is 6.65. The van der Waals surface area contributed by atoms with Gasteiger partial charge >= 0.3 is 0 Å². The molecule has 4 heteroatoms. The quantitative estimate of drug-likeness (QED) is 0.209. The molecule has 0 fully saturated rings. The van der Waals surface area contributed by atoms with Gasteiger partial charge in [0.25, 0.3) is 0 Å². The van der Waals surface area contributed by atoms with E-state index >= 15 is 0 Å². The Balaban J connectivity index is 1.34. The SMILES string of the molecule is c1ccc(-c2nc(-c3ccccc3)nc(-c3cc4ccccc4c4oc5ccc(-c6ccc7ccccc7c6)cc5c34)n2)cc1. The Morgan fingerprint density at radius 3 is 1.69 bits per heavy atom. The Morgan fingerprint density at radius 2 is 0.956 bits per heavy atom. The normalized spacial score (nSPS) is 11.6. The molecule has 0 saturated carbocycles. The Labute approximate surface area is 259 Å². The van der Waals surface area contributed by atoms with Crippen molar-refractivity contribution in [1.29, 1.82) is 0 Å². The average Bonchev–Trinajstić information content (AvgIpc) is 3.51. The highest BCUT2D eigenvalue weighted by Crippen LogP contribution is 2.42. The summed E-state index contributed by atoms with van der Waals surface area (Å²) in [6, 6.07) is 52.2. The number of rotatable bonds is 4. The first-order valence-electron chi connectivity index (χ1n) is 15.0. The van der Waals surface area contributed by atoms with E-state index in [9.17, 15) is 0 Å². The zero-order valence-electron chi connectivity index (χ0n) is 24.2. The monoisotopic (exact) mass is 575 g/mol. The molecule has 9 aromatic rings. The lowest BCUT2D eigenvalue weighted by atomic mass is 9.96. The average molecular weight is 576 g/mol. The molecule has 4 nitrogen and oxygen atoms in total. The molecule has 2 aromatic heterocycles. The fourth-order valence-corrected chi connectivity index (χ4v) is 6.27. The van der Waals surface area contributed by atoms with E-state index in [0.29, 0.717) is 17.5 Å². The topological polar surface area (TPSA) is 51.8 Å². The smallest absolute Gasteiger partial charge is 0.164 e. The third-order valence-corrected chi connectivity index (χ3v) is 8.49. The predicted octanol–water partition coefficient (Wildman–Crippen LogP) is 10.7. The van der Waals surface area contributed by atoms with E-state index in [0.717, 1.165) is 60.5 Å². The maximum atomic E-state index is 6.65. The fourth-order valence-electron chi connectivity index (χ4n) is 6.27. The first-order chi connectivity index (χ1) is 22.3. The van der Waals surface area contributed by atoms with Crippen molar-refractivity contribution in [3.8, 4) is 45.3 Å². The number of benzene rings is 7. The van der Waals surface area contributed by atoms with Gasteiger partial charge in [-0.2, -0.15) is 0 Å². The number of furan rings is 1. The summed E-state index contributed by atoms with van der Waals surface area (Å²) in [5.41, 5.74) is 6.72. The Kier molecular flexibility index (Phi) is 5.78. The third kappa shape index (κ3) is 4.35. The van der Waals surface area contributed by atoms with Crippen molar-refractivity contribution in [2.24, 2.45) is 0 Å². The number of fused-ring (bicyclic) bond motifs is 6. The second-order valence-corrected chi connectivity index (χ2v) is 11.3. The molecule has 0 amide bonds. The zero-order chi connectivity index (χ0) is 29.7. The van der Waals surface area contributed by atoms with E-state index in [4.69, 9.17) is 19.4 Å². The highest BCUT2D eigenvalue weighted by Gasteiger charge is 2.20. The Hall–Kier alpha value is -6.13. The van der Waals surface area contributed by atoms with Gasteiger partial charge in [-0.05, 0) is 51.6 Å². The lowest BCUT2D eigenvalue weighted by molar-refractivity contribution is 0.673. The van der Waals surface area contributed by atoms with Crippen LogP contribution in [0.1, 0.15) is 0 Å². The van der Waals surface area contributed by atoms with Gasteiger partial charge in [0.05, 0.1) is 0 Å². The van der Waals surface area contributed by atoms with Crippen LogP contribution in [0.5, 0.6) is 0 Å². The highest BCUT2D eigenvalue weighted by molar-refractivity contribution is 6.21. The molecule has 0 spiro atoms. The zero-order valence-corrected chi connectivity index (χ0v) is 24.2. The van der Waals surface area contributed by atoms with Crippen LogP contribution in [-0.2, 0) is 0 Å². The molecule has 9 rings (SSSR count). The Bertz CT molecular complexity index is 2480. The molecule has 0 N–H and O–H groups in total. The molecular weight excluding hydrogens is 550 g/mol. The van der Waals surface area contributed by atoms with Gasteiger partial charge in [-0.15, -0.1) is 0 Å². The molecule has 0 aliphatic rings. The number of aromatic nitrogens is 3. The van der Waals surface area contributed by atoms with Crippen LogP contribution in [0.25, 0.3) is 88.8 Å². The number of hydrogen-bond donors (Lipinski definition) is 0. The van der Waals surface area contributed by atoms with E-state index < -0.39 is 0 Å². The van der Waals surface area contributed by atoms with Gasteiger partial charge in [0, 0.05) is 32.8 Å². The van der Waals surface area contributed by atoms with Crippen molar-refractivity contribution in [1.82, 2.24) is 15.0 Å². The molecule has 0 radical (unpaired) electrons. The van der Waals surface area contributed by atoms with Crippen molar-refractivity contribution in [2.75, 3.05) is 0 Å². The molecule has 45 heavy (non-hydrogen) atoms. The predicted molar refractivity (Wildman–Crippen MR) is 184 cm³/mol. The summed E-state index contributed by atoms with van der Waals surface area (Å²) < 4.78 is 6.65. The molecule has 7 aromatic carbocycles. The molecule has 2 heterocycles. The molecule has 0 unspecified atom stereocenters. The van der Waals surface area contributed by atoms with E-state index in [2.05, 4.69) is 91.0 Å². The van der Waals surface area contributed by atoms with Crippen molar-refractivity contribution in [3.63, 3.8) is 0 Å². The van der Waals surface area contributed by atoms with E-state index in [1.165, 1.54) is 10.8 Å². The minimum Gasteiger partial charge on any atom is -0.455 e. The standard InChI is InChI=1S/C41H25N3O/c1-3-12-27(13-4-1)39-42-40(28-14-5-2-6-15-28)44-41(43-39)35-25-32-17-9-10-18-33(32)38-37(35)34-24-31(21-22-36(34)45-38)30-20-19-26-11-7-8-16-29(26)23-30/h1-25H. The van der Waals surface area contributed by atoms with Gasteiger partial charge in [0.1, 0.15) is 11.2 Å². The highest BCUT2D eigenvalue weighted by atomic mass is 16.3. The van der Waals surface area contributed by atoms with Crippen LogP contribution in [0, 0.1) is 0 Å². The van der Waals surface area contributed by atoms with Gasteiger partial charge in [-0.3, -0.25) is 0 Å². The van der Waals surface area contributed by atoms with Gasteiger partial charge in [-0.1, -0.05) is 127 Å². The minimum atomic E-state index is 0.609. The lowest BCUT2D eigenvalue weighted by Crippen LogP contribution is -2.00. The van der Waals surface area contributed by atoms with Crippen LogP contribution in [0.2, 0.25) is 0 Å². The van der Waals surface area contributed by atoms with Crippen LogP contribution in [0.4, 0.5) is 0 Å². The second kappa shape index (κ2) is 10.2. The van der Waals surface area contributed by atoms with Crippen LogP contribution < -0.4 is 0 Å². The summed E-state index contributed by atoms with van der Waals surface area (Å²) in [6.07, 6.45) is 0. The van der Waals surface area contributed by atoms with Gasteiger partial charge in [-0.25, -0.2) is 15.0 Å². The first kappa shape index (κ1) is 25.4. The molecule has 210 valence electrons. The number of hydrogen-bond acceptors (Lipinski definition) is 4. The molecular formula is C41H25N3O. The van der Waals surface area contributed by atoms with Gasteiger partial charge in [0.15, 0.2) is 17.5 Å². The molecule has 0 atom stereocenters. The van der Waals surface area contributed by atoms with Crippen molar-refractivity contribution >= 4 is 43.5 Å². The van der Waals surface area contributed by atoms with Crippen LogP contribution >= 0.6 is 0 Å². The third-order valence-electron chi connectivity index (χ3n) is 8.49. The van der Waals surface area contributed by atoms with Crippen LogP contribution in [0.3, 0.4) is 0 Å². The van der Waals surface area contributed by atoms with Crippen LogP contribution in [-0.4, -0.2) is 15.0 Å². The van der Waals surface area contributed by atoms with Crippen molar-refractivity contribution in [3.05, 3.63) is 152 Å². The summed E-state index contributed by atoms with van der Waals surface area (Å²) >= 11 is 0. The summed E-state index contributed by atoms with van der Waals surface area (Å²) in [6.45, 7) is 0. The molecule has 0 saturated heterocycles. The summed E-state index contributed by atoms with van der Waals surface area (Å²) in [4.78, 5) is 15.1. The van der Waals surface area contributed by atoms with E-state index in [1.54, 1.807) is 0 Å². The van der Waals surface area contributed by atoms with Gasteiger partial charge in [0.2, 0.25) is 0 Å². The Morgan fingerprint density at radius 1 is 0.378 bits per heavy atom. The summed E-state index contributed by atoms with van der Waals surface area (Å²) in [5.74, 6) is 1.87. The number of nitrogens with zero attached hydrogens (tertiary/aromatic N) is 3. The largest absolute Gasteiger partial charge is 0.455 e. The molecule has 0 bridgehead atoms. The summed E-state index contributed by atoms with van der Waals surface area (Å²) in [7, 11) is 0. The minimum absolute atomic E-state index is 0.609. The van der Waals surface area contributed by atoms with E-state index in [1.807, 2.05) is 60.7 Å². The van der Waals surface area contributed by atoms with Gasteiger partial charge < -0.3 is 4.42 Å². The maximum Gasteiger partial charge on any atom is 0.164 e. The van der Waals surface area contributed by atoms with E-state index in [-0.39, 0.29) is 0 Å². The lowest BCUT2D eigenvalue weighted by Gasteiger charge is -2.10. The molecule has 0 aliphatic carbocycles. The van der Waals surface area contributed by atoms with Crippen LogP contribution in [0.15, 0.2) is 156 Å². The van der Waals surface area contributed by atoms with Crippen molar-refractivity contribution < 1.29 is 4.42 Å². The second-order valence-electron chi connectivity index (χ2n) is 11.3. The fraction of sp³-hybridized carbons (Fsp3) is 0. The summed E-state index contributed by atoms with van der Waals surface area (Å²) in [5, 5.41) is 6.58.